The van der Waals surface area contributed by atoms with Gasteiger partial charge in [-0.15, -0.1) is 0 Å². The van der Waals surface area contributed by atoms with Gasteiger partial charge in [0.2, 0.25) is 10.0 Å². The van der Waals surface area contributed by atoms with Crippen LogP contribution in [0.15, 0.2) is 23.1 Å². The second-order valence-electron chi connectivity index (χ2n) is 5.20. The molecule has 1 aromatic rings. The number of benzene rings is 1. The summed E-state index contributed by atoms with van der Waals surface area (Å²) in [6.07, 6.45) is 2.86. The summed E-state index contributed by atoms with van der Waals surface area (Å²) in [5, 5.41) is 0. The van der Waals surface area contributed by atoms with Crippen LogP contribution in [0.3, 0.4) is 0 Å². The van der Waals surface area contributed by atoms with Crippen molar-refractivity contribution < 1.29 is 12.8 Å². The number of nitrogens with two attached hydrogens (primary N) is 1. The van der Waals surface area contributed by atoms with Gasteiger partial charge in [-0.1, -0.05) is 19.4 Å². The Hall–Kier alpha value is -0.980. The number of halogens is 1. The standard InChI is InChI=1S/C14H21FN2O2S/c1-2-11-5-4-8-17(10-11)20(18,19)14-7-3-6-13(15)12(14)9-16/h3,6-7,11H,2,4-5,8-10,16H2,1H3. The van der Waals surface area contributed by atoms with Gasteiger partial charge in [-0.3, -0.25) is 0 Å². The quantitative estimate of drug-likeness (QED) is 0.926. The van der Waals surface area contributed by atoms with E-state index in [-0.39, 0.29) is 17.0 Å². The summed E-state index contributed by atoms with van der Waals surface area (Å²) < 4.78 is 40.6. The molecule has 1 aliphatic rings. The van der Waals surface area contributed by atoms with Gasteiger partial charge < -0.3 is 5.73 Å². The van der Waals surface area contributed by atoms with Crippen molar-refractivity contribution in [2.45, 2.75) is 37.6 Å². The highest BCUT2D eigenvalue weighted by molar-refractivity contribution is 7.89. The Kier molecular flexibility index (Phi) is 4.78. The van der Waals surface area contributed by atoms with Crippen LogP contribution < -0.4 is 5.73 Å². The molecule has 0 aliphatic carbocycles. The molecule has 1 saturated heterocycles. The molecule has 0 radical (unpaired) electrons. The average Bonchev–Trinajstić information content (AvgIpc) is 2.47. The molecule has 2 N–H and O–H groups in total. The van der Waals surface area contributed by atoms with Crippen LogP contribution in [-0.2, 0) is 16.6 Å². The van der Waals surface area contributed by atoms with E-state index < -0.39 is 15.8 Å². The van der Waals surface area contributed by atoms with Crippen molar-refractivity contribution >= 4 is 10.0 Å². The van der Waals surface area contributed by atoms with E-state index in [9.17, 15) is 12.8 Å². The molecule has 2 rings (SSSR count). The number of piperidine rings is 1. The Balaban J connectivity index is 2.38. The van der Waals surface area contributed by atoms with Crippen molar-refractivity contribution in [1.29, 1.82) is 0 Å². The summed E-state index contributed by atoms with van der Waals surface area (Å²) in [7, 11) is -3.66. The van der Waals surface area contributed by atoms with E-state index in [1.807, 2.05) is 0 Å². The zero-order chi connectivity index (χ0) is 14.8. The summed E-state index contributed by atoms with van der Waals surface area (Å²) in [4.78, 5) is 0.0109. The van der Waals surface area contributed by atoms with E-state index in [4.69, 9.17) is 5.73 Å². The van der Waals surface area contributed by atoms with Crippen LogP contribution in [0.2, 0.25) is 0 Å². The second kappa shape index (κ2) is 6.20. The van der Waals surface area contributed by atoms with Gasteiger partial charge >= 0.3 is 0 Å². The summed E-state index contributed by atoms with van der Waals surface area (Å²) in [6.45, 7) is 2.96. The van der Waals surface area contributed by atoms with Crippen molar-refractivity contribution in [2.24, 2.45) is 11.7 Å². The lowest BCUT2D eigenvalue weighted by molar-refractivity contribution is 0.261. The fraction of sp³-hybridized carbons (Fsp3) is 0.571. The molecular formula is C14H21FN2O2S. The maximum absolute atomic E-state index is 13.7. The molecule has 1 aliphatic heterocycles. The van der Waals surface area contributed by atoms with Crippen LogP contribution in [-0.4, -0.2) is 25.8 Å². The molecule has 0 aromatic heterocycles. The van der Waals surface area contributed by atoms with E-state index in [0.29, 0.717) is 19.0 Å². The molecule has 0 amide bonds. The van der Waals surface area contributed by atoms with Crippen LogP contribution in [0.4, 0.5) is 4.39 Å². The maximum Gasteiger partial charge on any atom is 0.243 e. The third-order valence-corrected chi connectivity index (χ3v) is 5.91. The predicted molar refractivity (Wildman–Crippen MR) is 76.1 cm³/mol. The van der Waals surface area contributed by atoms with E-state index in [1.165, 1.54) is 22.5 Å². The maximum atomic E-state index is 13.7. The molecule has 112 valence electrons. The fourth-order valence-electron chi connectivity index (χ4n) is 2.70. The van der Waals surface area contributed by atoms with Gasteiger partial charge in [0.1, 0.15) is 5.82 Å². The third kappa shape index (κ3) is 2.87. The van der Waals surface area contributed by atoms with Crippen molar-refractivity contribution in [1.82, 2.24) is 4.31 Å². The number of nitrogens with zero attached hydrogens (tertiary/aromatic N) is 1. The Bertz CT molecular complexity index is 575. The van der Waals surface area contributed by atoms with Crippen molar-refractivity contribution in [3.8, 4) is 0 Å². The minimum Gasteiger partial charge on any atom is -0.326 e. The predicted octanol–water partition coefficient (Wildman–Crippen LogP) is 2.10. The summed E-state index contributed by atoms with van der Waals surface area (Å²) in [6, 6.07) is 4.10. The molecule has 0 saturated carbocycles. The molecule has 1 unspecified atom stereocenters. The molecule has 0 bridgehead atoms. The summed E-state index contributed by atoms with van der Waals surface area (Å²) in [5.74, 6) is -0.175. The van der Waals surface area contributed by atoms with Gasteiger partial charge in [-0.05, 0) is 30.9 Å². The highest BCUT2D eigenvalue weighted by Gasteiger charge is 2.31. The number of hydrogen-bond donors (Lipinski definition) is 1. The Morgan fingerprint density at radius 2 is 2.20 bits per heavy atom. The average molecular weight is 300 g/mol. The van der Waals surface area contributed by atoms with Crippen molar-refractivity contribution in [3.05, 3.63) is 29.6 Å². The molecular weight excluding hydrogens is 279 g/mol. The van der Waals surface area contributed by atoms with Crippen LogP contribution in [0, 0.1) is 11.7 Å². The zero-order valence-corrected chi connectivity index (χ0v) is 12.5. The Morgan fingerprint density at radius 1 is 1.45 bits per heavy atom. The Morgan fingerprint density at radius 3 is 2.85 bits per heavy atom. The molecule has 1 fully saturated rings. The highest BCUT2D eigenvalue weighted by atomic mass is 32.2. The Labute approximate surface area is 119 Å². The first kappa shape index (κ1) is 15.4. The molecule has 20 heavy (non-hydrogen) atoms. The molecule has 1 atom stereocenters. The molecule has 1 aromatic carbocycles. The monoisotopic (exact) mass is 300 g/mol. The second-order valence-corrected chi connectivity index (χ2v) is 7.11. The minimum atomic E-state index is -3.66. The third-order valence-electron chi connectivity index (χ3n) is 3.96. The van der Waals surface area contributed by atoms with Crippen LogP contribution in [0.25, 0.3) is 0 Å². The van der Waals surface area contributed by atoms with Gasteiger partial charge in [0.05, 0.1) is 4.90 Å². The number of sulfonamides is 1. The van der Waals surface area contributed by atoms with Crippen LogP contribution in [0.5, 0.6) is 0 Å². The van der Waals surface area contributed by atoms with Crippen molar-refractivity contribution in [2.75, 3.05) is 13.1 Å². The van der Waals surface area contributed by atoms with Gasteiger partial charge in [0, 0.05) is 25.2 Å². The lowest BCUT2D eigenvalue weighted by atomic mass is 9.97. The minimum absolute atomic E-state index is 0.0109. The normalized spacial score (nSPS) is 21.1. The van der Waals surface area contributed by atoms with E-state index in [0.717, 1.165) is 19.3 Å². The molecule has 0 spiro atoms. The van der Waals surface area contributed by atoms with Crippen LogP contribution in [0.1, 0.15) is 31.7 Å². The SMILES string of the molecule is CCC1CCCN(S(=O)(=O)c2cccc(F)c2CN)C1. The summed E-state index contributed by atoms with van der Waals surface area (Å²) in [5.41, 5.74) is 5.58. The molecule has 1 heterocycles. The van der Waals surface area contributed by atoms with Gasteiger partial charge in [-0.25, -0.2) is 12.8 Å². The lowest BCUT2D eigenvalue weighted by Gasteiger charge is -2.31. The zero-order valence-electron chi connectivity index (χ0n) is 11.7. The van der Waals surface area contributed by atoms with Gasteiger partial charge in [0.15, 0.2) is 0 Å². The van der Waals surface area contributed by atoms with Gasteiger partial charge in [-0.2, -0.15) is 4.31 Å². The largest absolute Gasteiger partial charge is 0.326 e. The topological polar surface area (TPSA) is 63.4 Å². The molecule has 6 heteroatoms. The first-order valence-electron chi connectivity index (χ1n) is 6.98. The number of hydrogen-bond acceptors (Lipinski definition) is 3. The van der Waals surface area contributed by atoms with Crippen molar-refractivity contribution in [3.63, 3.8) is 0 Å². The smallest absolute Gasteiger partial charge is 0.243 e. The summed E-state index contributed by atoms with van der Waals surface area (Å²) >= 11 is 0. The van der Waals surface area contributed by atoms with E-state index >= 15 is 0 Å². The highest BCUT2D eigenvalue weighted by Crippen LogP contribution is 2.27. The molecule has 4 nitrogen and oxygen atoms in total. The number of rotatable bonds is 4. The fourth-order valence-corrected chi connectivity index (χ4v) is 4.49. The first-order valence-corrected chi connectivity index (χ1v) is 8.42. The lowest BCUT2D eigenvalue weighted by Crippen LogP contribution is -2.40. The van der Waals surface area contributed by atoms with E-state index in [2.05, 4.69) is 6.92 Å². The van der Waals surface area contributed by atoms with Crippen LogP contribution >= 0.6 is 0 Å². The van der Waals surface area contributed by atoms with E-state index in [1.54, 1.807) is 0 Å². The van der Waals surface area contributed by atoms with Gasteiger partial charge in [0.25, 0.3) is 0 Å². The first-order chi connectivity index (χ1) is 9.50.